The molecule has 30 heavy (non-hydrogen) atoms. The summed E-state index contributed by atoms with van der Waals surface area (Å²) < 4.78 is 12.4. The Bertz CT molecular complexity index is 720. The molecular weight excluding hydrogens is 463 g/mol. The molecule has 0 bridgehead atoms. The first kappa shape index (κ1) is 25.1. The Kier molecular flexibility index (Phi) is 8.17. The van der Waals surface area contributed by atoms with Crippen LogP contribution in [0, 0.1) is 0 Å². The second kappa shape index (κ2) is 9.76. The zero-order chi connectivity index (χ0) is 22.2. The first-order valence-electron chi connectivity index (χ1n) is 11.4. The van der Waals surface area contributed by atoms with Gasteiger partial charge in [0.1, 0.15) is 6.10 Å². The number of hydrogen-bond acceptors (Lipinski definition) is 2. The van der Waals surface area contributed by atoms with E-state index in [2.05, 4.69) is 72.9 Å². The molecule has 3 atom stereocenters. The maximum Gasteiger partial charge on any atom is 0.204 e. The molecule has 1 heterocycles. The first-order chi connectivity index (χ1) is 13.9. The van der Waals surface area contributed by atoms with Gasteiger partial charge in [0.05, 0.1) is 22.0 Å². The number of halogens is 1. The number of fused-ring (bicyclic) bond motifs is 1. The van der Waals surface area contributed by atoms with E-state index in [1.807, 2.05) is 6.07 Å². The molecule has 1 aromatic rings. The van der Waals surface area contributed by atoms with Gasteiger partial charge in [0.2, 0.25) is 6.57 Å². The summed E-state index contributed by atoms with van der Waals surface area (Å²) in [5.74, 6) is 0.444. The van der Waals surface area contributed by atoms with E-state index in [0.29, 0.717) is 18.0 Å². The molecule has 1 aromatic carbocycles. The zero-order valence-electron chi connectivity index (χ0n) is 19.6. The molecule has 1 aliphatic carbocycles. The third kappa shape index (κ3) is 5.88. The van der Waals surface area contributed by atoms with Gasteiger partial charge >= 0.3 is 0 Å². The van der Waals surface area contributed by atoms with E-state index in [0.717, 1.165) is 17.9 Å². The van der Waals surface area contributed by atoms with Gasteiger partial charge in [0.15, 0.2) is 0 Å². The molecule has 1 aliphatic heterocycles. The molecule has 0 N–H and O–H groups in total. The van der Waals surface area contributed by atoms with Gasteiger partial charge in [-0.15, -0.1) is 11.6 Å². The number of benzene rings is 1. The van der Waals surface area contributed by atoms with Crippen molar-refractivity contribution in [2.24, 2.45) is 0 Å². The van der Waals surface area contributed by atoms with Crippen molar-refractivity contribution < 1.29 is 4.52 Å². The maximum atomic E-state index is 7.03. The van der Waals surface area contributed by atoms with E-state index < -0.39 is 22.7 Å². The Morgan fingerprint density at radius 3 is 1.83 bits per heavy atom. The highest BCUT2D eigenvalue weighted by atomic mass is 35.5. The van der Waals surface area contributed by atoms with Gasteiger partial charge in [-0.2, -0.15) is 0 Å². The molecular formula is C22H40ClN2OPSSi2. The molecule has 1 saturated heterocycles. The smallest absolute Gasteiger partial charge is 0.204 e. The van der Waals surface area contributed by atoms with Crippen LogP contribution in [0.4, 0.5) is 0 Å². The van der Waals surface area contributed by atoms with Crippen LogP contribution in [0.3, 0.4) is 0 Å². The van der Waals surface area contributed by atoms with Gasteiger partial charge < -0.3 is 4.52 Å². The van der Waals surface area contributed by atoms with Gasteiger partial charge in [-0.25, -0.2) is 9.34 Å². The van der Waals surface area contributed by atoms with E-state index in [-0.39, 0.29) is 6.10 Å². The molecule has 2 aliphatic rings. The second-order valence-electron chi connectivity index (χ2n) is 11.4. The van der Waals surface area contributed by atoms with Crippen molar-refractivity contribution in [2.45, 2.75) is 83.2 Å². The predicted octanol–water partition coefficient (Wildman–Crippen LogP) is 6.89. The summed E-state index contributed by atoms with van der Waals surface area (Å²) in [6.07, 6.45) is 7.25. The molecule has 0 aromatic heterocycles. The van der Waals surface area contributed by atoms with Crippen LogP contribution in [0.1, 0.15) is 37.4 Å². The highest BCUT2D eigenvalue weighted by Gasteiger charge is 2.55. The van der Waals surface area contributed by atoms with Gasteiger partial charge in [-0.1, -0.05) is 82.5 Å². The first-order valence-corrected chi connectivity index (χ1v) is 22.0. The average Bonchev–Trinajstić information content (AvgIpc) is 2.87. The van der Waals surface area contributed by atoms with Crippen LogP contribution in [0.5, 0.6) is 0 Å². The van der Waals surface area contributed by atoms with E-state index in [4.69, 9.17) is 27.9 Å². The van der Waals surface area contributed by atoms with Crippen LogP contribution < -0.4 is 0 Å². The predicted molar refractivity (Wildman–Crippen MR) is 141 cm³/mol. The fraction of sp³-hybridized carbons (Fsp3) is 0.727. The molecule has 3 nitrogen and oxygen atoms in total. The minimum absolute atomic E-state index is 0.146. The number of nitrogens with zero attached hydrogens (tertiary/aromatic N) is 2. The van der Waals surface area contributed by atoms with Crippen molar-refractivity contribution in [2.75, 3.05) is 18.2 Å². The van der Waals surface area contributed by atoms with Crippen molar-refractivity contribution >= 4 is 46.1 Å². The minimum Gasteiger partial charge on any atom is -0.317 e. The molecule has 8 heteroatoms. The van der Waals surface area contributed by atoms with E-state index in [1.165, 1.54) is 25.7 Å². The van der Waals surface area contributed by atoms with Gasteiger partial charge in [0, 0.05) is 24.4 Å². The quantitative estimate of drug-likeness (QED) is 0.218. The fourth-order valence-electron chi connectivity index (χ4n) is 4.83. The van der Waals surface area contributed by atoms with Crippen LogP contribution in [-0.2, 0) is 16.3 Å². The lowest BCUT2D eigenvalue weighted by Crippen LogP contribution is -2.46. The summed E-state index contributed by atoms with van der Waals surface area (Å²) in [6, 6.07) is 11.6. The van der Waals surface area contributed by atoms with Crippen molar-refractivity contribution in [3.8, 4) is 0 Å². The standard InChI is InChI=1S/C22H40ClN2OPSSi2/c1-29(2,3)17-24-20-14-10-11-15-21(20)25(18-30(4,5)6)27(24,28)26-22(16-23)19-12-8-7-9-13-19/h7-9,12-13,20-22H,10-11,14-18H2,1-6H3/t20-,21-,22-/m1/s1. The summed E-state index contributed by atoms with van der Waals surface area (Å²) in [5, 5.41) is 0. The summed E-state index contributed by atoms with van der Waals surface area (Å²) in [7, 11) is -2.71. The van der Waals surface area contributed by atoms with Crippen molar-refractivity contribution in [1.29, 1.82) is 0 Å². The summed E-state index contributed by atoms with van der Waals surface area (Å²) in [5.41, 5.74) is 1.15. The highest BCUT2D eigenvalue weighted by Crippen LogP contribution is 2.66. The summed E-state index contributed by atoms with van der Waals surface area (Å²) in [4.78, 5) is 0. The summed E-state index contributed by atoms with van der Waals surface area (Å²) in [6.45, 7) is 12.4. The summed E-state index contributed by atoms with van der Waals surface area (Å²) >= 11 is 13.1. The van der Waals surface area contributed by atoms with E-state index >= 15 is 0 Å². The monoisotopic (exact) mass is 502 g/mol. The molecule has 0 spiro atoms. The molecule has 0 unspecified atom stereocenters. The van der Waals surface area contributed by atoms with Gasteiger partial charge in [-0.05, 0) is 30.2 Å². The van der Waals surface area contributed by atoms with Crippen LogP contribution in [0.2, 0.25) is 39.3 Å². The lowest BCUT2D eigenvalue weighted by Gasteiger charge is -2.41. The van der Waals surface area contributed by atoms with Gasteiger partial charge in [-0.3, -0.25) is 0 Å². The Hall–Kier alpha value is 0.474. The average molecular weight is 503 g/mol. The zero-order valence-corrected chi connectivity index (χ0v) is 24.1. The minimum atomic E-state index is -2.34. The van der Waals surface area contributed by atoms with Crippen molar-refractivity contribution in [3.05, 3.63) is 35.9 Å². The molecule has 3 rings (SSSR count). The lowest BCUT2D eigenvalue weighted by atomic mass is 9.90. The molecule has 0 radical (unpaired) electrons. The Balaban J connectivity index is 2.03. The maximum absolute atomic E-state index is 7.03. The Morgan fingerprint density at radius 2 is 1.43 bits per heavy atom. The topological polar surface area (TPSA) is 15.7 Å². The third-order valence-corrected chi connectivity index (χ3v) is 13.6. The van der Waals surface area contributed by atoms with E-state index in [1.54, 1.807) is 0 Å². The SMILES string of the molecule is C[Si](C)(C)CN1[C@@H]2CCCC[C@H]2N(C[Si](C)(C)C)P1(=S)O[C@H](CCl)c1ccccc1. The third-order valence-electron chi connectivity index (χ3n) is 5.96. The highest BCUT2D eigenvalue weighted by molar-refractivity contribution is 8.10. The van der Waals surface area contributed by atoms with Gasteiger partial charge in [0.25, 0.3) is 0 Å². The normalized spacial score (nSPS) is 26.5. The molecule has 0 amide bonds. The molecule has 1 saturated carbocycles. The molecule has 2 fully saturated rings. The van der Waals surface area contributed by atoms with E-state index in [9.17, 15) is 0 Å². The lowest BCUT2D eigenvalue weighted by molar-refractivity contribution is 0.221. The van der Waals surface area contributed by atoms with Crippen LogP contribution in [0.25, 0.3) is 0 Å². The molecule has 170 valence electrons. The number of rotatable bonds is 8. The van der Waals surface area contributed by atoms with Crippen molar-refractivity contribution in [1.82, 2.24) is 9.34 Å². The van der Waals surface area contributed by atoms with Crippen LogP contribution in [-0.4, -0.2) is 55.8 Å². The second-order valence-corrected chi connectivity index (χ2v) is 26.2. The van der Waals surface area contributed by atoms with Crippen molar-refractivity contribution in [3.63, 3.8) is 0 Å². The Morgan fingerprint density at radius 1 is 0.967 bits per heavy atom. The number of hydrogen-bond donors (Lipinski definition) is 0. The fourth-order valence-corrected chi connectivity index (χ4v) is 16.0. The van der Waals surface area contributed by atoms with Crippen LogP contribution >= 0.6 is 18.2 Å². The van der Waals surface area contributed by atoms with Crippen LogP contribution in [0.15, 0.2) is 30.3 Å². The largest absolute Gasteiger partial charge is 0.317 e. The number of alkyl halides is 1. The Labute approximate surface area is 196 Å².